The number of hydrogen-bond acceptors (Lipinski definition) is 3. The van der Waals surface area contributed by atoms with Crippen LogP contribution in [0.4, 0.5) is 15.8 Å². The fourth-order valence-corrected chi connectivity index (χ4v) is 2.52. The van der Waals surface area contributed by atoms with Crippen molar-refractivity contribution in [2.45, 2.75) is 38.6 Å². The molecule has 0 saturated carbocycles. The number of carbonyl (C=O) groups excluding carboxylic acids is 1. The molecule has 1 aliphatic rings. The van der Waals surface area contributed by atoms with Gasteiger partial charge in [0.1, 0.15) is 5.82 Å². The molecule has 20 heavy (non-hydrogen) atoms. The van der Waals surface area contributed by atoms with Gasteiger partial charge in [-0.1, -0.05) is 12.8 Å². The Morgan fingerprint density at radius 3 is 2.60 bits per heavy atom. The molecule has 3 N–H and O–H groups in total. The van der Waals surface area contributed by atoms with Gasteiger partial charge in [-0.05, 0) is 51.1 Å². The number of rotatable bonds is 3. The maximum Gasteiger partial charge on any atom is 0.241 e. The molecule has 1 aromatic rings. The Balaban J connectivity index is 2.01. The van der Waals surface area contributed by atoms with E-state index in [1.165, 1.54) is 31.0 Å². The number of halogens is 1. The van der Waals surface area contributed by atoms with Gasteiger partial charge < -0.3 is 11.1 Å². The molecule has 0 aliphatic carbocycles. The molecule has 1 amide bonds. The largest absolute Gasteiger partial charge is 0.399 e. The van der Waals surface area contributed by atoms with E-state index < -0.39 is 5.82 Å². The van der Waals surface area contributed by atoms with Crippen LogP contribution >= 0.6 is 0 Å². The first kappa shape index (κ1) is 14.8. The van der Waals surface area contributed by atoms with Gasteiger partial charge in [0.2, 0.25) is 5.91 Å². The Morgan fingerprint density at radius 1 is 1.30 bits per heavy atom. The van der Waals surface area contributed by atoms with Gasteiger partial charge in [0, 0.05) is 5.69 Å². The first-order valence-electron chi connectivity index (χ1n) is 7.18. The first-order chi connectivity index (χ1) is 9.58. The molecule has 110 valence electrons. The SMILES string of the molecule is CC(C(=O)Nc1cc(N)ccc1F)N1CCCCCC1. The van der Waals surface area contributed by atoms with Crippen molar-refractivity contribution in [2.24, 2.45) is 0 Å². The molecule has 0 aromatic heterocycles. The van der Waals surface area contributed by atoms with Gasteiger partial charge >= 0.3 is 0 Å². The minimum atomic E-state index is -0.462. The predicted molar refractivity (Wildman–Crippen MR) is 78.9 cm³/mol. The van der Waals surface area contributed by atoms with Crippen LogP contribution in [0.1, 0.15) is 32.6 Å². The summed E-state index contributed by atoms with van der Waals surface area (Å²) in [4.78, 5) is 14.4. The number of anilines is 2. The van der Waals surface area contributed by atoms with E-state index in [1.54, 1.807) is 0 Å². The average molecular weight is 279 g/mol. The molecule has 5 heteroatoms. The second-order valence-electron chi connectivity index (χ2n) is 5.35. The summed E-state index contributed by atoms with van der Waals surface area (Å²) in [5, 5.41) is 2.63. The maximum absolute atomic E-state index is 13.6. The lowest BCUT2D eigenvalue weighted by atomic mass is 10.2. The van der Waals surface area contributed by atoms with Crippen molar-refractivity contribution >= 4 is 17.3 Å². The van der Waals surface area contributed by atoms with E-state index in [0.717, 1.165) is 25.9 Å². The smallest absolute Gasteiger partial charge is 0.241 e. The summed E-state index contributed by atoms with van der Waals surface area (Å²) in [7, 11) is 0. The Bertz CT molecular complexity index is 470. The number of amides is 1. The first-order valence-corrected chi connectivity index (χ1v) is 7.18. The lowest BCUT2D eigenvalue weighted by Gasteiger charge is -2.26. The summed E-state index contributed by atoms with van der Waals surface area (Å²) in [6.07, 6.45) is 4.66. The third-order valence-electron chi connectivity index (χ3n) is 3.82. The zero-order chi connectivity index (χ0) is 14.5. The van der Waals surface area contributed by atoms with E-state index in [-0.39, 0.29) is 17.6 Å². The van der Waals surface area contributed by atoms with Crippen molar-refractivity contribution in [3.63, 3.8) is 0 Å². The minimum absolute atomic E-state index is 0.150. The van der Waals surface area contributed by atoms with Crippen LogP contribution in [-0.4, -0.2) is 29.9 Å². The number of nitrogens with zero attached hydrogens (tertiary/aromatic N) is 1. The van der Waals surface area contributed by atoms with Crippen LogP contribution in [0, 0.1) is 5.82 Å². The number of nitrogens with one attached hydrogen (secondary N) is 1. The zero-order valence-corrected chi connectivity index (χ0v) is 11.9. The average Bonchev–Trinajstić information content (AvgIpc) is 2.71. The molecule has 0 bridgehead atoms. The minimum Gasteiger partial charge on any atom is -0.399 e. The van der Waals surface area contributed by atoms with Gasteiger partial charge in [-0.2, -0.15) is 0 Å². The lowest BCUT2D eigenvalue weighted by molar-refractivity contribution is -0.120. The molecule has 1 unspecified atom stereocenters. The zero-order valence-electron chi connectivity index (χ0n) is 11.9. The second-order valence-corrected chi connectivity index (χ2v) is 5.35. The van der Waals surface area contributed by atoms with Crippen LogP contribution in [0.3, 0.4) is 0 Å². The van der Waals surface area contributed by atoms with E-state index in [0.29, 0.717) is 5.69 Å². The van der Waals surface area contributed by atoms with E-state index >= 15 is 0 Å². The van der Waals surface area contributed by atoms with E-state index in [2.05, 4.69) is 10.2 Å². The Hall–Kier alpha value is -1.62. The second kappa shape index (κ2) is 6.70. The van der Waals surface area contributed by atoms with Gasteiger partial charge in [-0.15, -0.1) is 0 Å². The topological polar surface area (TPSA) is 58.4 Å². The van der Waals surface area contributed by atoms with Gasteiger partial charge in [0.25, 0.3) is 0 Å². The van der Waals surface area contributed by atoms with Crippen LogP contribution in [-0.2, 0) is 4.79 Å². The summed E-state index contributed by atoms with van der Waals surface area (Å²) in [6.45, 7) is 3.72. The fraction of sp³-hybridized carbons (Fsp3) is 0.533. The Kier molecular flexibility index (Phi) is 4.95. The number of likely N-dealkylation sites (tertiary alicyclic amines) is 1. The molecule has 1 saturated heterocycles. The van der Waals surface area contributed by atoms with Crippen molar-refractivity contribution in [3.8, 4) is 0 Å². The summed E-state index contributed by atoms with van der Waals surface area (Å²) in [6, 6.07) is 3.93. The number of nitrogen functional groups attached to an aromatic ring is 1. The molecule has 1 heterocycles. The van der Waals surface area contributed by atoms with Gasteiger partial charge in [0.05, 0.1) is 11.7 Å². The summed E-state index contributed by atoms with van der Waals surface area (Å²) in [5.74, 6) is -0.646. The third-order valence-corrected chi connectivity index (χ3v) is 3.82. The van der Waals surface area contributed by atoms with Gasteiger partial charge in [-0.3, -0.25) is 9.69 Å². The number of benzene rings is 1. The van der Waals surface area contributed by atoms with Crippen LogP contribution in [0.2, 0.25) is 0 Å². The summed E-state index contributed by atoms with van der Waals surface area (Å²) in [5.41, 5.74) is 6.20. The molecule has 0 spiro atoms. The highest BCUT2D eigenvalue weighted by atomic mass is 19.1. The van der Waals surface area contributed by atoms with Crippen molar-refractivity contribution in [1.29, 1.82) is 0 Å². The van der Waals surface area contributed by atoms with E-state index in [4.69, 9.17) is 5.73 Å². The Morgan fingerprint density at radius 2 is 1.95 bits per heavy atom. The highest BCUT2D eigenvalue weighted by molar-refractivity contribution is 5.95. The monoisotopic (exact) mass is 279 g/mol. The fourth-order valence-electron chi connectivity index (χ4n) is 2.52. The molecular formula is C15H22FN3O. The number of nitrogens with two attached hydrogens (primary N) is 1. The molecule has 1 aromatic carbocycles. The summed E-state index contributed by atoms with van der Waals surface area (Å²) < 4.78 is 13.6. The van der Waals surface area contributed by atoms with Crippen LogP contribution < -0.4 is 11.1 Å². The van der Waals surface area contributed by atoms with Crippen molar-refractivity contribution in [1.82, 2.24) is 4.90 Å². The highest BCUT2D eigenvalue weighted by Crippen LogP contribution is 2.19. The van der Waals surface area contributed by atoms with Gasteiger partial charge in [0.15, 0.2) is 0 Å². The molecule has 1 fully saturated rings. The van der Waals surface area contributed by atoms with E-state index in [1.807, 2.05) is 6.92 Å². The third kappa shape index (κ3) is 3.70. The van der Waals surface area contributed by atoms with E-state index in [9.17, 15) is 9.18 Å². The molecule has 1 atom stereocenters. The normalized spacial score (nSPS) is 18.3. The lowest BCUT2D eigenvalue weighted by Crippen LogP contribution is -2.42. The molecular weight excluding hydrogens is 257 g/mol. The number of carbonyl (C=O) groups is 1. The van der Waals surface area contributed by atoms with Crippen LogP contribution in [0.25, 0.3) is 0 Å². The maximum atomic E-state index is 13.6. The molecule has 2 rings (SSSR count). The highest BCUT2D eigenvalue weighted by Gasteiger charge is 2.22. The van der Waals surface area contributed by atoms with Crippen molar-refractivity contribution < 1.29 is 9.18 Å². The van der Waals surface area contributed by atoms with Crippen LogP contribution in [0.15, 0.2) is 18.2 Å². The van der Waals surface area contributed by atoms with Gasteiger partial charge in [-0.25, -0.2) is 4.39 Å². The standard InChI is InChI=1S/C15H22FN3O/c1-11(19-8-4-2-3-5-9-19)15(20)18-14-10-12(17)6-7-13(14)16/h6-7,10-11H,2-5,8-9,17H2,1H3,(H,18,20). The van der Waals surface area contributed by atoms with Crippen molar-refractivity contribution in [2.75, 3.05) is 24.1 Å². The summed E-state index contributed by atoms with van der Waals surface area (Å²) >= 11 is 0. The quantitative estimate of drug-likeness (QED) is 0.836. The molecule has 4 nitrogen and oxygen atoms in total. The molecule has 0 radical (unpaired) electrons. The van der Waals surface area contributed by atoms with Crippen molar-refractivity contribution in [3.05, 3.63) is 24.0 Å². The van der Waals surface area contributed by atoms with Crippen LogP contribution in [0.5, 0.6) is 0 Å². The molecule has 1 aliphatic heterocycles. The predicted octanol–water partition coefficient (Wildman–Crippen LogP) is 2.61. The Labute approximate surface area is 119 Å². The number of hydrogen-bond donors (Lipinski definition) is 2.